The van der Waals surface area contributed by atoms with E-state index >= 15 is 0 Å². The van der Waals surface area contributed by atoms with E-state index in [2.05, 4.69) is 83.5 Å². The van der Waals surface area contributed by atoms with Crippen molar-refractivity contribution < 1.29 is 4.42 Å². The largest absolute Gasteiger partial charge is 0.456 e. The van der Waals surface area contributed by atoms with Crippen molar-refractivity contribution in [3.63, 3.8) is 0 Å². The van der Waals surface area contributed by atoms with Crippen LogP contribution in [0.15, 0.2) is 138 Å². The molecule has 0 spiro atoms. The summed E-state index contributed by atoms with van der Waals surface area (Å²) in [4.78, 5) is 15.2. The molecule has 8 aromatic rings. The summed E-state index contributed by atoms with van der Waals surface area (Å²) in [5.74, 6) is 1.80. The second-order valence-corrected chi connectivity index (χ2v) is 11.2. The summed E-state index contributed by atoms with van der Waals surface area (Å²) in [6, 6.07) is 39.7. The summed E-state index contributed by atoms with van der Waals surface area (Å²) in [6.45, 7) is 0. The molecule has 0 bridgehead atoms. The van der Waals surface area contributed by atoms with Gasteiger partial charge in [-0.2, -0.15) is 9.97 Å². The Morgan fingerprint density at radius 1 is 0.545 bits per heavy atom. The molecule has 5 aromatic carbocycles. The molecule has 0 unspecified atom stereocenters. The fourth-order valence-corrected chi connectivity index (χ4v) is 6.41. The van der Waals surface area contributed by atoms with Gasteiger partial charge in [-0.05, 0) is 60.4 Å². The Morgan fingerprint density at radius 3 is 2.14 bits per heavy atom. The van der Waals surface area contributed by atoms with Crippen molar-refractivity contribution in [1.29, 1.82) is 0 Å². The first-order valence-corrected chi connectivity index (χ1v) is 14.9. The van der Waals surface area contributed by atoms with E-state index in [0.29, 0.717) is 17.6 Å². The van der Waals surface area contributed by atoms with E-state index in [4.69, 9.17) is 19.4 Å². The van der Waals surface area contributed by atoms with Gasteiger partial charge in [0.25, 0.3) is 0 Å². The standard InChI is InChI=1S/C39H26N4O/c1-3-11-25(12-4-1)27-20-22-34-32(23-27)29-15-7-9-17-33(29)43(34)39-41-37(26-13-5-2-6-14-26)40-38(42-39)28-19-21-31-30-16-8-10-18-35(30)44-36(31)24-28/h1-3,5-11,13-24H,4,12H2. The second-order valence-electron chi connectivity index (χ2n) is 11.2. The van der Waals surface area contributed by atoms with E-state index in [1.807, 2.05) is 54.6 Å². The number of benzene rings is 5. The molecule has 0 saturated carbocycles. The molecule has 0 saturated heterocycles. The van der Waals surface area contributed by atoms with Crippen LogP contribution < -0.4 is 0 Å². The van der Waals surface area contributed by atoms with Gasteiger partial charge in [0.1, 0.15) is 11.2 Å². The molecule has 3 aromatic heterocycles. The molecule has 0 N–H and O–H groups in total. The van der Waals surface area contributed by atoms with Crippen LogP contribution in [-0.2, 0) is 0 Å². The number of fused-ring (bicyclic) bond motifs is 6. The van der Waals surface area contributed by atoms with Gasteiger partial charge in [-0.3, -0.25) is 4.57 Å². The van der Waals surface area contributed by atoms with Crippen molar-refractivity contribution in [3.05, 3.63) is 139 Å². The number of para-hydroxylation sites is 2. The van der Waals surface area contributed by atoms with Crippen LogP contribution in [0.3, 0.4) is 0 Å². The van der Waals surface area contributed by atoms with Crippen LogP contribution in [0.1, 0.15) is 18.4 Å². The molecule has 0 fully saturated rings. The van der Waals surface area contributed by atoms with Crippen LogP contribution in [0.4, 0.5) is 0 Å². The predicted molar refractivity (Wildman–Crippen MR) is 179 cm³/mol. The lowest BCUT2D eigenvalue weighted by Gasteiger charge is -2.12. The number of nitrogens with zero attached hydrogens (tertiary/aromatic N) is 4. The van der Waals surface area contributed by atoms with E-state index in [0.717, 1.165) is 56.9 Å². The average molecular weight is 567 g/mol. The number of hydrogen-bond donors (Lipinski definition) is 0. The Hall–Kier alpha value is -5.81. The molecule has 208 valence electrons. The van der Waals surface area contributed by atoms with Crippen LogP contribution in [0.5, 0.6) is 0 Å². The minimum atomic E-state index is 0.581. The highest BCUT2D eigenvalue weighted by atomic mass is 16.3. The van der Waals surface area contributed by atoms with Gasteiger partial charge in [0.05, 0.1) is 11.0 Å². The SMILES string of the molecule is C1=CCCC(c2ccc3c(c2)c2ccccc2n3-c2nc(-c3ccccc3)nc(-c3ccc4c(c3)oc3ccccc34)n2)=C1. The fraction of sp³-hybridized carbons (Fsp3) is 0.0513. The Kier molecular flexibility index (Phi) is 5.56. The highest BCUT2D eigenvalue weighted by molar-refractivity contribution is 6.10. The first-order chi connectivity index (χ1) is 21.8. The van der Waals surface area contributed by atoms with Gasteiger partial charge >= 0.3 is 0 Å². The Labute approximate surface area is 253 Å². The maximum atomic E-state index is 6.22. The zero-order valence-electron chi connectivity index (χ0n) is 23.8. The van der Waals surface area contributed by atoms with Gasteiger partial charge in [-0.15, -0.1) is 0 Å². The first-order valence-electron chi connectivity index (χ1n) is 14.9. The van der Waals surface area contributed by atoms with Gasteiger partial charge in [-0.1, -0.05) is 97.1 Å². The molecule has 5 heteroatoms. The summed E-state index contributed by atoms with van der Waals surface area (Å²) in [5.41, 5.74) is 8.21. The lowest BCUT2D eigenvalue weighted by Crippen LogP contribution is -2.06. The maximum Gasteiger partial charge on any atom is 0.238 e. The average Bonchev–Trinajstić information content (AvgIpc) is 3.64. The molecular formula is C39H26N4O. The summed E-state index contributed by atoms with van der Waals surface area (Å²) < 4.78 is 8.39. The van der Waals surface area contributed by atoms with Crippen LogP contribution in [-0.4, -0.2) is 19.5 Å². The van der Waals surface area contributed by atoms with Crippen molar-refractivity contribution in [3.8, 4) is 28.7 Å². The highest BCUT2D eigenvalue weighted by Gasteiger charge is 2.19. The normalized spacial score (nSPS) is 13.3. The zero-order chi connectivity index (χ0) is 29.0. The Bertz CT molecular complexity index is 2450. The lowest BCUT2D eigenvalue weighted by atomic mass is 9.96. The van der Waals surface area contributed by atoms with E-state index in [1.54, 1.807) is 0 Å². The predicted octanol–water partition coefficient (Wildman–Crippen LogP) is 9.94. The van der Waals surface area contributed by atoms with E-state index in [-0.39, 0.29) is 0 Å². The summed E-state index contributed by atoms with van der Waals surface area (Å²) in [7, 11) is 0. The number of rotatable bonds is 4. The van der Waals surface area contributed by atoms with Crippen molar-refractivity contribution in [2.24, 2.45) is 0 Å². The third kappa shape index (κ3) is 3.97. The molecular weight excluding hydrogens is 540 g/mol. The van der Waals surface area contributed by atoms with Crippen molar-refractivity contribution >= 4 is 49.3 Å². The minimum absolute atomic E-state index is 0.581. The van der Waals surface area contributed by atoms with E-state index in [1.165, 1.54) is 21.9 Å². The van der Waals surface area contributed by atoms with Gasteiger partial charge in [-0.25, -0.2) is 4.98 Å². The summed E-state index contributed by atoms with van der Waals surface area (Å²) in [5, 5.41) is 4.52. The van der Waals surface area contributed by atoms with Crippen LogP contribution in [0.2, 0.25) is 0 Å². The molecule has 0 amide bonds. The third-order valence-electron chi connectivity index (χ3n) is 8.55. The van der Waals surface area contributed by atoms with Crippen LogP contribution in [0, 0.1) is 0 Å². The Morgan fingerprint density at radius 2 is 1.27 bits per heavy atom. The summed E-state index contributed by atoms with van der Waals surface area (Å²) in [6.07, 6.45) is 8.73. The Balaban J connectivity index is 1.29. The highest BCUT2D eigenvalue weighted by Crippen LogP contribution is 2.36. The maximum absolute atomic E-state index is 6.22. The first kappa shape index (κ1) is 24.8. The summed E-state index contributed by atoms with van der Waals surface area (Å²) >= 11 is 0. The van der Waals surface area contributed by atoms with Gasteiger partial charge in [0.15, 0.2) is 11.6 Å². The molecule has 0 radical (unpaired) electrons. The fourth-order valence-electron chi connectivity index (χ4n) is 6.41. The number of allylic oxidation sites excluding steroid dienone is 4. The van der Waals surface area contributed by atoms with Crippen molar-refractivity contribution in [2.45, 2.75) is 12.8 Å². The molecule has 0 aliphatic heterocycles. The molecule has 3 heterocycles. The quantitative estimate of drug-likeness (QED) is 0.213. The van der Waals surface area contributed by atoms with Crippen molar-refractivity contribution in [1.82, 2.24) is 19.5 Å². The van der Waals surface area contributed by atoms with E-state index < -0.39 is 0 Å². The minimum Gasteiger partial charge on any atom is -0.456 e. The number of furan rings is 1. The van der Waals surface area contributed by atoms with Gasteiger partial charge < -0.3 is 4.42 Å². The number of hydrogen-bond acceptors (Lipinski definition) is 4. The van der Waals surface area contributed by atoms with Crippen molar-refractivity contribution in [2.75, 3.05) is 0 Å². The van der Waals surface area contributed by atoms with E-state index in [9.17, 15) is 0 Å². The van der Waals surface area contributed by atoms with Crippen LogP contribution in [0.25, 0.3) is 78.0 Å². The third-order valence-corrected chi connectivity index (χ3v) is 8.55. The van der Waals surface area contributed by atoms with Gasteiger partial charge in [0.2, 0.25) is 5.95 Å². The zero-order valence-corrected chi connectivity index (χ0v) is 23.8. The monoisotopic (exact) mass is 566 g/mol. The second kappa shape index (κ2) is 9.89. The molecule has 9 rings (SSSR count). The molecule has 1 aliphatic carbocycles. The molecule has 0 atom stereocenters. The molecule has 1 aliphatic rings. The van der Waals surface area contributed by atoms with Crippen LogP contribution >= 0.6 is 0 Å². The lowest BCUT2D eigenvalue weighted by molar-refractivity contribution is 0.669. The molecule has 5 nitrogen and oxygen atoms in total. The number of aromatic nitrogens is 4. The van der Waals surface area contributed by atoms with Gasteiger partial charge in [0, 0.05) is 32.7 Å². The molecule has 44 heavy (non-hydrogen) atoms. The smallest absolute Gasteiger partial charge is 0.238 e. The topological polar surface area (TPSA) is 56.7 Å².